The molecule has 2 rings (SSSR count). The van der Waals surface area contributed by atoms with Crippen LogP contribution in [0.15, 0.2) is 23.1 Å². The summed E-state index contributed by atoms with van der Waals surface area (Å²) in [7, 11) is -4.38. The van der Waals surface area contributed by atoms with Gasteiger partial charge in [-0.3, -0.25) is 4.21 Å². The van der Waals surface area contributed by atoms with Crippen LogP contribution < -0.4 is 0 Å². The molecule has 0 radical (unpaired) electrons. The highest BCUT2D eigenvalue weighted by molar-refractivity contribution is 7.89. The van der Waals surface area contributed by atoms with Crippen molar-refractivity contribution in [3.05, 3.63) is 29.3 Å². The van der Waals surface area contributed by atoms with Gasteiger partial charge in [0, 0.05) is 41.3 Å². The lowest BCUT2D eigenvalue weighted by atomic mass is 10.1. The molecule has 1 saturated heterocycles. The number of aryl methyl sites for hydroxylation is 1. The molecule has 0 spiro atoms. The second-order valence-electron chi connectivity index (χ2n) is 4.47. The second kappa shape index (κ2) is 5.91. The number of sulfonamides is 1. The van der Waals surface area contributed by atoms with E-state index in [9.17, 15) is 12.6 Å². The van der Waals surface area contributed by atoms with Gasteiger partial charge in [-0.1, -0.05) is 6.07 Å². The summed E-state index contributed by atoms with van der Waals surface area (Å²) in [5, 5.41) is 0. The summed E-state index contributed by atoms with van der Waals surface area (Å²) in [6, 6.07) is 5.00. The number of nitrogens with zero attached hydrogens (tertiary/aromatic N) is 1. The third kappa shape index (κ3) is 3.18. The van der Waals surface area contributed by atoms with Crippen LogP contribution in [-0.2, 0) is 26.7 Å². The molecule has 0 atom stereocenters. The van der Waals surface area contributed by atoms with Crippen LogP contribution in [0, 0.1) is 6.92 Å². The normalized spacial score (nSPS) is 18.6. The van der Waals surface area contributed by atoms with E-state index >= 15 is 0 Å². The minimum absolute atomic E-state index is 0.265. The predicted octanol–water partition coefficient (Wildman–Crippen LogP) is 1.49. The molecule has 1 aliphatic rings. The monoisotopic (exact) mass is 321 g/mol. The second-order valence-corrected chi connectivity index (χ2v) is 8.38. The molecule has 106 valence electrons. The van der Waals surface area contributed by atoms with Crippen LogP contribution in [0.2, 0.25) is 0 Å². The topological polar surface area (TPSA) is 54.5 Å². The first-order valence-corrected chi connectivity index (χ1v) is 9.42. The van der Waals surface area contributed by atoms with Gasteiger partial charge < -0.3 is 0 Å². The molecular weight excluding hydrogens is 306 g/mol. The summed E-state index contributed by atoms with van der Waals surface area (Å²) in [6.45, 7) is 2.54. The number of hydrogen-bond acceptors (Lipinski definition) is 3. The van der Waals surface area contributed by atoms with E-state index in [2.05, 4.69) is 0 Å². The Kier molecular flexibility index (Phi) is 4.66. The van der Waals surface area contributed by atoms with Crippen molar-refractivity contribution in [1.29, 1.82) is 0 Å². The first-order valence-electron chi connectivity index (χ1n) is 5.96. The molecule has 1 aromatic carbocycles. The molecule has 0 N–H and O–H groups in total. The van der Waals surface area contributed by atoms with Gasteiger partial charge in [0.15, 0.2) is 0 Å². The predicted molar refractivity (Wildman–Crippen MR) is 77.4 cm³/mol. The summed E-state index contributed by atoms with van der Waals surface area (Å²) >= 11 is 5.81. The lowest BCUT2D eigenvalue weighted by Crippen LogP contribution is -2.41. The zero-order valence-electron chi connectivity index (χ0n) is 10.6. The van der Waals surface area contributed by atoms with Gasteiger partial charge in [0.2, 0.25) is 10.0 Å². The molecule has 19 heavy (non-hydrogen) atoms. The molecule has 0 unspecified atom stereocenters. The number of halogens is 1. The first kappa shape index (κ1) is 15.0. The highest BCUT2D eigenvalue weighted by Crippen LogP contribution is 2.21. The Balaban J connectivity index is 2.31. The highest BCUT2D eigenvalue weighted by Gasteiger charge is 2.28. The summed E-state index contributed by atoms with van der Waals surface area (Å²) in [6.07, 6.45) is 0. The molecule has 1 fully saturated rings. The molecule has 0 aromatic heterocycles. The average molecular weight is 322 g/mol. The lowest BCUT2D eigenvalue weighted by Gasteiger charge is -2.25. The van der Waals surface area contributed by atoms with E-state index < -0.39 is 20.8 Å². The summed E-state index contributed by atoms with van der Waals surface area (Å²) in [5.41, 5.74) is 1.80. The molecule has 1 aromatic rings. The van der Waals surface area contributed by atoms with Crippen molar-refractivity contribution in [3.8, 4) is 0 Å². The molecule has 0 aliphatic carbocycles. The molecule has 1 heterocycles. The highest BCUT2D eigenvalue weighted by atomic mass is 35.5. The molecule has 0 saturated carbocycles. The van der Waals surface area contributed by atoms with Crippen molar-refractivity contribution in [1.82, 2.24) is 4.31 Å². The largest absolute Gasteiger partial charge is 0.259 e. The van der Waals surface area contributed by atoms with Crippen LogP contribution in [0.1, 0.15) is 11.1 Å². The SMILES string of the molecule is Cc1ccc(S(=O)(=O)N2CCS(=O)CC2)cc1CCl. The van der Waals surface area contributed by atoms with Crippen molar-refractivity contribution >= 4 is 32.4 Å². The Labute approximate surface area is 121 Å². The van der Waals surface area contributed by atoms with Crippen molar-refractivity contribution in [2.45, 2.75) is 17.7 Å². The molecule has 4 nitrogen and oxygen atoms in total. The van der Waals surface area contributed by atoms with Crippen LogP contribution in [0.25, 0.3) is 0 Å². The fourth-order valence-electron chi connectivity index (χ4n) is 1.96. The van der Waals surface area contributed by atoms with Crippen molar-refractivity contribution in [2.24, 2.45) is 0 Å². The van der Waals surface area contributed by atoms with Crippen molar-refractivity contribution in [2.75, 3.05) is 24.6 Å². The Morgan fingerprint density at radius 2 is 1.95 bits per heavy atom. The number of benzene rings is 1. The van der Waals surface area contributed by atoms with E-state index in [-0.39, 0.29) is 4.90 Å². The molecule has 0 amide bonds. The third-order valence-corrected chi connectivity index (χ3v) is 6.70. The van der Waals surface area contributed by atoms with Crippen molar-refractivity contribution < 1.29 is 12.6 Å². The Morgan fingerprint density at radius 1 is 1.32 bits per heavy atom. The van der Waals surface area contributed by atoms with Crippen LogP contribution in [0.5, 0.6) is 0 Å². The summed E-state index contributed by atoms with van der Waals surface area (Å²) in [4.78, 5) is 0.265. The molecule has 1 aliphatic heterocycles. The zero-order valence-corrected chi connectivity index (χ0v) is 13.0. The fraction of sp³-hybridized carbons (Fsp3) is 0.500. The summed E-state index contributed by atoms with van der Waals surface area (Å²) in [5.74, 6) is 1.11. The number of hydrogen-bond donors (Lipinski definition) is 0. The van der Waals surface area contributed by atoms with E-state index in [0.717, 1.165) is 11.1 Å². The van der Waals surface area contributed by atoms with Crippen molar-refractivity contribution in [3.63, 3.8) is 0 Å². The first-order chi connectivity index (χ1) is 8.95. The van der Waals surface area contributed by atoms with Gasteiger partial charge in [-0.05, 0) is 30.2 Å². The number of rotatable bonds is 3. The van der Waals surface area contributed by atoms with Gasteiger partial charge in [-0.25, -0.2) is 8.42 Å². The third-order valence-electron chi connectivity index (χ3n) is 3.24. The van der Waals surface area contributed by atoms with Gasteiger partial charge in [-0.15, -0.1) is 11.6 Å². The molecule has 7 heteroatoms. The summed E-state index contributed by atoms with van der Waals surface area (Å²) < 4.78 is 37.6. The van der Waals surface area contributed by atoms with Gasteiger partial charge in [-0.2, -0.15) is 4.31 Å². The van der Waals surface area contributed by atoms with E-state index in [4.69, 9.17) is 11.6 Å². The maximum Gasteiger partial charge on any atom is 0.243 e. The van der Waals surface area contributed by atoms with Gasteiger partial charge in [0.1, 0.15) is 0 Å². The number of alkyl halides is 1. The molecule has 0 bridgehead atoms. The Morgan fingerprint density at radius 3 is 2.53 bits per heavy atom. The van der Waals surface area contributed by atoms with Crippen LogP contribution in [0.3, 0.4) is 0 Å². The maximum atomic E-state index is 12.5. The average Bonchev–Trinajstić information content (AvgIpc) is 2.39. The van der Waals surface area contributed by atoms with Crippen LogP contribution in [0.4, 0.5) is 0 Å². The Hall–Kier alpha value is -0.430. The smallest absolute Gasteiger partial charge is 0.243 e. The molecular formula is C12H16ClNO3S2. The minimum Gasteiger partial charge on any atom is -0.259 e. The minimum atomic E-state index is -3.49. The zero-order chi connectivity index (χ0) is 14.0. The van der Waals surface area contributed by atoms with E-state index in [1.165, 1.54) is 4.31 Å². The van der Waals surface area contributed by atoms with E-state index in [0.29, 0.717) is 30.5 Å². The van der Waals surface area contributed by atoms with Gasteiger partial charge in [0.25, 0.3) is 0 Å². The lowest BCUT2D eigenvalue weighted by molar-refractivity contribution is 0.438. The van der Waals surface area contributed by atoms with E-state index in [1.807, 2.05) is 6.92 Å². The van der Waals surface area contributed by atoms with Gasteiger partial charge >= 0.3 is 0 Å². The van der Waals surface area contributed by atoms with Crippen LogP contribution in [-0.4, -0.2) is 41.5 Å². The Bertz CT molecular complexity index is 591. The quantitative estimate of drug-likeness (QED) is 0.793. The fourth-order valence-corrected chi connectivity index (χ4v) is 5.03. The van der Waals surface area contributed by atoms with E-state index in [1.54, 1.807) is 18.2 Å². The van der Waals surface area contributed by atoms with Gasteiger partial charge in [0.05, 0.1) is 4.90 Å². The van der Waals surface area contributed by atoms with Crippen LogP contribution >= 0.6 is 11.6 Å². The maximum absolute atomic E-state index is 12.5. The standard InChI is InChI=1S/C12H16ClNO3S2/c1-10-2-3-12(8-11(10)9-13)19(16,17)14-4-6-18(15)7-5-14/h2-3,8H,4-7,9H2,1H3.